The normalized spacial score (nSPS) is 20.2. The lowest BCUT2D eigenvalue weighted by Gasteiger charge is -2.40. The van der Waals surface area contributed by atoms with Crippen molar-refractivity contribution in [3.05, 3.63) is 28.8 Å². The molecule has 2 aliphatic heterocycles. The Morgan fingerprint density at radius 3 is 2.50 bits per heavy atom. The van der Waals surface area contributed by atoms with E-state index in [1.165, 1.54) is 16.4 Å². The second-order valence-electron chi connectivity index (χ2n) is 5.21. The number of rotatable bonds is 3. The quantitative estimate of drug-likeness (QED) is 0.816. The fourth-order valence-corrected chi connectivity index (χ4v) is 4.16. The van der Waals surface area contributed by atoms with Crippen LogP contribution in [0.15, 0.2) is 23.1 Å². The van der Waals surface area contributed by atoms with Crippen molar-refractivity contribution in [1.29, 1.82) is 0 Å². The molecule has 1 aromatic carbocycles. The van der Waals surface area contributed by atoms with E-state index in [1.54, 1.807) is 13.0 Å². The molecule has 0 atom stereocenters. The molecule has 0 aliphatic carbocycles. The number of hydrogen-bond donors (Lipinski definition) is 0. The molecule has 2 fully saturated rings. The first-order valence-electron chi connectivity index (χ1n) is 6.56. The molecule has 22 heavy (non-hydrogen) atoms. The van der Waals surface area contributed by atoms with Crippen LogP contribution in [-0.2, 0) is 19.6 Å². The Morgan fingerprint density at radius 1 is 1.27 bits per heavy atom. The summed E-state index contributed by atoms with van der Waals surface area (Å²) in [7, 11) is -3.68. The summed E-state index contributed by atoms with van der Waals surface area (Å²) in [5.41, 5.74) is 0.785. The van der Waals surface area contributed by atoms with Crippen LogP contribution in [0.3, 0.4) is 0 Å². The van der Waals surface area contributed by atoms with E-state index in [-0.39, 0.29) is 24.6 Å². The first-order valence-corrected chi connectivity index (χ1v) is 8.37. The van der Waals surface area contributed by atoms with Crippen molar-refractivity contribution in [2.24, 2.45) is 0 Å². The van der Waals surface area contributed by atoms with Crippen molar-refractivity contribution in [2.75, 3.05) is 19.7 Å². The molecule has 2 aliphatic rings. The number of benzene rings is 1. The van der Waals surface area contributed by atoms with Gasteiger partial charge in [-0.05, 0) is 24.6 Å². The van der Waals surface area contributed by atoms with Gasteiger partial charge in [-0.25, -0.2) is 18.1 Å². The summed E-state index contributed by atoms with van der Waals surface area (Å²) in [5.74, 6) is -0.439. The molecule has 9 heteroatoms. The van der Waals surface area contributed by atoms with Crippen LogP contribution in [0.5, 0.6) is 0 Å². The molecule has 1 aromatic rings. The summed E-state index contributed by atoms with van der Waals surface area (Å²) < 4.78 is 30.7. The van der Waals surface area contributed by atoms with E-state index >= 15 is 0 Å². The topological polar surface area (TPSA) is 84.0 Å². The van der Waals surface area contributed by atoms with E-state index in [0.717, 1.165) is 10.5 Å². The molecule has 2 heterocycles. The predicted octanol–water partition coefficient (Wildman–Crippen LogP) is 1.00. The molecule has 118 valence electrons. The van der Waals surface area contributed by atoms with Gasteiger partial charge in [0, 0.05) is 18.1 Å². The molecular weight excluding hydrogens is 332 g/mol. The molecule has 3 rings (SSSR count). The molecular formula is C13H13ClN2O5S. The van der Waals surface area contributed by atoms with Crippen molar-refractivity contribution >= 4 is 33.6 Å². The van der Waals surface area contributed by atoms with E-state index in [9.17, 15) is 18.0 Å². The van der Waals surface area contributed by atoms with Crippen LogP contribution >= 0.6 is 11.6 Å². The van der Waals surface area contributed by atoms with Gasteiger partial charge in [0.1, 0.15) is 0 Å². The number of carbonyl (C=O) groups excluding carboxylic acids is 2. The minimum Gasteiger partial charge on any atom is -0.439 e. The average Bonchev–Trinajstić information content (AvgIpc) is 2.72. The number of halogens is 1. The molecule has 0 aromatic heterocycles. The Kier molecular flexibility index (Phi) is 3.62. The Balaban J connectivity index is 1.75. The highest BCUT2D eigenvalue weighted by Crippen LogP contribution is 2.28. The highest BCUT2D eigenvalue weighted by molar-refractivity contribution is 7.89. The number of ether oxygens (including phenoxy) is 1. The maximum absolute atomic E-state index is 12.4. The first-order chi connectivity index (χ1) is 10.3. The van der Waals surface area contributed by atoms with Gasteiger partial charge >= 0.3 is 6.09 Å². The SMILES string of the molecule is Cc1ccc(S(=O)(=O)N2CC(N3C(=O)COC3=O)C2)cc1Cl. The van der Waals surface area contributed by atoms with Crippen molar-refractivity contribution in [2.45, 2.75) is 17.9 Å². The highest BCUT2D eigenvalue weighted by Gasteiger charge is 2.46. The lowest BCUT2D eigenvalue weighted by atomic mass is 10.1. The third-order valence-electron chi connectivity index (χ3n) is 3.76. The van der Waals surface area contributed by atoms with Crippen molar-refractivity contribution in [1.82, 2.24) is 9.21 Å². The molecule has 0 spiro atoms. The fourth-order valence-electron chi connectivity index (χ4n) is 2.38. The summed E-state index contributed by atoms with van der Waals surface area (Å²) in [4.78, 5) is 24.0. The molecule has 2 amide bonds. The van der Waals surface area contributed by atoms with E-state index in [4.69, 9.17) is 11.6 Å². The third kappa shape index (κ3) is 2.37. The molecule has 0 saturated carbocycles. The summed E-state index contributed by atoms with van der Waals surface area (Å²) >= 11 is 5.96. The van der Waals surface area contributed by atoms with Gasteiger partial charge in [-0.2, -0.15) is 4.31 Å². The van der Waals surface area contributed by atoms with E-state index in [0.29, 0.717) is 5.02 Å². The molecule has 2 saturated heterocycles. The second-order valence-corrected chi connectivity index (χ2v) is 7.55. The number of sulfonamides is 1. The van der Waals surface area contributed by atoms with E-state index < -0.39 is 28.1 Å². The van der Waals surface area contributed by atoms with Gasteiger partial charge in [0.2, 0.25) is 10.0 Å². The molecule has 0 radical (unpaired) electrons. The lowest BCUT2D eigenvalue weighted by Crippen LogP contribution is -2.62. The van der Waals surface area contributed by atoms with Crippen LogP contribution in [0.4, 0.5) is 4.79 Å². The second kappa shape index (κ2) is 5.22. The standard InChI is InChI=1S/C13H13ClN2O5S/c1-8-2-3-10(4-11(8)14)22(19,20)15-5-9(6-15)16-12(17)7-21-13(16)18/h2-4,9H,5-7H2,1H3. The zero-order valence-corrected chi connectivity index (χ0v) is 13.2. The van der Waals surface area contributed by atoms with E-state index in [2.05, 4.69) is 4.74 Å². The van der Waals surface area contributed by atoms with Gasteiger partial charge in [0.15, 0.2) is 6.61 Å². The number of amides is 2. The number of nitrogens with zero attached hydrogens (tertiary/aromatic N) is 2. The van der Waals surface area contributed by atoms with Crippen LogP contribution < -0.4 is 0 Å². The smallest absolute Gasteiger partial charge is 0.417 e. The lowest BCUT2D eigenvalue weighted by molar-refractivity contribution is -0.128. The number of imide groups is 1. The highest BCUT2D eigenvalue weighted by atomic mass is 35.5. The Bertz CT molecular complexity index is 742. The van der Waals surface area contributed by atoms with E-state index in [1.807, 2.05) is 0 Å². The Labute approximate surface area is 132 Å². The van der Waals surface area contributed by atoms with Gasteiger partial charge < -0.3 is 4.74 Å². The van der Waals surface area contributed by atoms with Crippen molar-refractivity contribution in [3.63, 3.8) is 0 Å². The molecule has 0 unspecified atom stereocenters. The zero-order chi connectivity index (χ0) is 16.1. The summed E-state index contributed by atoms with van der Waals surface area (Å²) in [6.07, 6.45) is -0.717. The fraction of sp³-hybridized carbons (Fsp3) is 0.385. The van der Waals surface area contributed by atoms with Gasteiger partial charge in [0.25, 0.3) is 5.91 Å². The number of hydrogen-bond acceptors (Lipinski definition) is 5. The number of cyclic esters (lactones) is 1. The maximum Gasteiger partial charge on any atom is 0.417 e. The van der Waals surface area contributed by atoms with Gasteiger partial charge in [0.05, 0.1) is 10.9 Å². The Morgan fingerprint density at radius 2 is 1.95 bits per heavy atom. The number of carbonyl (C=O) groups is 2. The maximum atomic E-state index is 12.4. The minimum atomic E-state index is -3.68. The first kappa shape index (κ1) is 15.3. The third-order valence-corrected chi connectivity index (χ3v) is 5.99. The predicted molar refractivity (Wildman–Crippen MR) is 76.9 cm³/mol. The monoisotopic (exact) mass is 344 g/mol. The van der Waals surface area contributed by atoms with Gasteiger partial charge in [-0.15, -0.1) is 0 Å². The van der Waals surface area contributed by atoms with Crippen LogP contribution in [0.25, 0.3) is 0 Å². The van der Waals surface area contributed by atoms with Crippen molar-refractivity contribution in [3.8, 4) is 0 Å². The van der Waals surface area contributed by atoms with Gasteiger partial charge in [-0.1, -0.05) is 17.7 Å². The van der Waals surface area contributed by atoms with Gasteiger partial charge in [-0.3, -0.25) is 4.79 Å². The van der Waals surface area contributed by atoms with Crippen LogP contribution in [0.1, 0.15) is 5.56 Å². The largest absolute Gasteiger partial charge is 0.439 e. The summed E-state index contributed by atoms with van der Waals surface area (Å²) in [6, 6.07) is 4.04. The number of aryl methyl sites for hydroxylation is 1. The van der Waals surface area contributed by atoms with Crippen LogP contribution in [-0.4, -0.2) is 55.4 Å². The average molecular weight is 345 g/mol. The minimum absolute atomic E-state index is 0.0642. The summed E-state index contributed by atoms with van der Waals surface area (Å²) in [6.45, 7) is 1.63. The van der Waals surface area contributed by atoms with Crippen LogP contribution in [0, 0.1) is 6.92 Å². The molecule has 0 bridgehead atoms. The van der Waals surface area contributed by atoms with Crippen LogP contribution in [0.2, 0.25) is 5.02 Å². The zero-order valence-electron chi connectivity index (χ0n) is 11.7. The molecule has 0 N–H and O–H groups in total. The van der Waals surface area contributed by atoms with Crippen molar-refractivity contribution < 1.29 is 22.7 Å². The summed E-state index contributed by atoms with van der Waals surface area (Å²) in [5, 5.41) is 0.372. The Hall–Kier alpha value is -1.64. The molecule has 7 nitrogen and oxygen atoms in total.